The maximum Gasteiger partial charge on any atom is 0.104 e. The van der Waals surface area contributed by atoms with Crippen LogP contribution in [0.2, 0.25) is 0 Å². The van der Waals surface area contributed by atoms with Gasteiger partial charge in [0.1, 0.15) is 5.54 Å². The fraction of sp³-hybridized carbons (Fsp3) is 0.923. The minimum absolute atomic E-state index is 0.383. The molecule has 0 aromatic rings. The zero-order valence-electron chi connectivity index (χ0n) is 11.2. The van der Waals surface area contributed by atoms with Crippen LogP contribution in [0.25, 0.3) is 0 Å². The largest absolute Gasteiger partial charge is 0.381 e. The highest BCUT2D eigenvalue weighted by molar-refractivity contribution is 8.00. The van der Waals surface area contributed by atoms with Gasteiger partial charge in [0.25, 0.3) is 0 Å². The molecular weight excluding hydrogens is 232 g/mol. The summed E-state index contributed by atoms with van der Waals surface area (Å²) in [5, 5.41) is 13.7. The number of thioether (sulfide) groups is 1. The third-order valence-electron chi connectivity index (χ3n) is 3.10. The summed E-state index contributed by atoms with van der Waals surface area (Å²) in [7, 11) is 0. The summed E-state index contributed by atoms with van der Waals surface area (Å²) >= 11 is 2.02. The monoisotopic (exact) mass is 256 g/mol. The standard InChI is InChI=1S/C13H24N2OS/c1-4-15-13(3,10-14)9-11(2)17-12-5-7-16-8-6-12/h11-12,15H,4-9H2,1-3H3. The van der Waals surface area contributed by atoms with Crippen LogP contribution in [0.15, 0.2) is 0 Å². The lowest BCUT2D eigenvalue weighted by molar-refractivity contribution is 0.0999. The van der Waals surface area contributed by atoms with Crippen LogP contribution in [0.3, 0.4) is 0 Å². The summed E-state index contributed by atoms with van der Waals surface area (Å²) in [6, 6.07) is 2.40. The Morgan fingerprint density at radius 1 is 1.53 bits per heavy atom. The van der Waals surface area contributed by atoms with Crippen LogP contribution >= 0.6 is 11.8 Å². The molecule has 1 rings (SSSR count). The fourth-order valence-corrected chi connectivity index (χ4v) is 3.86. The molecule has 1 N–H and O–H groups in total. The van der Waals surface area contributed by atoms with Gasteiger partial charge in [-0.1, -0.05) is 13.8 Å². The number of rotatable bonds is 6. The normalized spacial score (nSPS) is 22.7. The van der Waals surface area contributed by atoms with Crippen LogP contribution in [0.1, 0.15) is 40.0 Å². The van der Waals surface area contributed by atoms with Crippen molar-refractivity contribution in [2.45, 2.75) is 56.1 Å². The van der Waals surface area contributed by atoms with Crippen molar-refractivity contribution in [3.63, 3.8) is 0 Å². The first-order valence-electron chi connectivity index (χ1n) is 6.49. The van der Waals surface area contributed by atoms with Crippen LogP contribution in [0.5, 0.6) is 0 Å². The molecule has 0 amide bonds. The van der Waals surface area contributed by atoms with E-state index in [1.54, 1.807) is 0 Å². The second-order valence-corrected chi connectivity index (χ2v) is 6.68. The molecule has 0 aromatic heterocycles. The van der Waals surface area contributed by atoms with Crippen LogP contribution in [-0.4, -0.2) is 35.8 Å². The van der Waals surface area contributed by atoms with Crippen LogP contribution in [0.4, 0.5) is 0 Å². The highest BCUT2D eigenvalue weighted by atomic mass is 32.2. The molecule has 1 aliphatic rings. The van der Waals surface area contributed by atoms with Gasteiger partial charge < -0.3 is 4.74 Å². The number of nitrogens with zero attached hydrogens (tertiary/aromatic N) is 1. The first-order valence-corrected chi connectivity index (χ1v) is 7.43. The number of hydrogen-bond donors (Lipinski definition) is 1. The molecule has 0 saturated carbocycles. The molecule has 1 aliphatic heterocycles. The SMILES string of the molecule is CCNC(C)(C#N)CC(C)SC1CCOCC1. The van der Waals surface area contributed by atoms with Crippen LogP contribution in [0, 0.1) is 11.3 Å². The van der Waals surface area contributed by atoms with Crippen LogP contribution in [-0.2, 0) is 4.74 Å². The van der Waals surface area contributed by atoms with Gasteiger partial charge in [0, 0.05) is 23.7 Å². The Morgan fingerprint density at radius 2 is 2.18 bits per heavy atom. The van der Waals surface area contributed by atoms with Gasteiger partial charge in [-0.3, -0.25) is 5.32 Å². The van der Waals surface area contributed by atoms with Crippen molar-refractivity contribution in [3.05, 3.63) is 0 Å². The molecule has 0 bridgehead atoms. The van der Waals surface area contributed by atoms with Crippen molar-refractivity contribution in [1.29, 1.82) is 5.26 Å². The van der Waals surface area contributed by atoms with Gasteiger partial charge >= 0.3 is 0 Å². The number of ether oxygens (including phenoxy) is 1. The lowest BCUT2D eigenvalue weighted by Gasteiger charge is -2.29. The summed E-state index contributed by atoms with van der Waals surface area (Å²) in [5.74, 6) is 0. The van der Waals surface area contributed by atoms with Crippen molar-refractivity contribution >= 4 is 11.8 Å². The minimum Gasteiger partial charge on any atom is -0.381 e. The van der Waals surface area contributed by atoms with Crippen LogP contribution < -0.4 is 5.32 Å². The molecule has 3 nitrogen and oxygen atoms in total. The van der Waals surface area contributed by atoms with Crippen molar-refractivity contribution in [3.8, 4) is 6.07 Å². The predicted octanol–water partition coefficient (Wildman–Crippen LogP) is 2.57. The van der Waals surface area contributed by atoms with E-state index in [2.05, 4.69) is 18.3 Å². The lowest BCUT2D eigenvalue weighted by Crippen LogP contribution is -2.43. The van der Waals surface area contributed by atoms with Gasteiger partial charge in [0.05, 0.1) is 6.07 Å². The zero-order chi connectivity index (χ0) is 12.7. The summed E-state index contributed by atoms with van der Waals surface area (Å²) in [6.07, 6.45) is 3.21. The maximum absolute atomic E-state index is 9.23. The smallest absolute Gasteiger partial charge is 0.104 e. The molecule has 2 unspecified atom stereocenters. The average Bonchev–Trinajstić information content (AvgIpc) is 2.30. The second-order valence-electron chi connectivity index (χ2n) is 4.94. The summed E-state index contributed by atoms with van der Waals surface area (Å²) in [6.45, 7) is 8.91. The van der Waals surface area contributed by atoms with Gasteiger partial charge in [-0.05, 0) is 32.7 Å². The quantitative estimate of drug-likeness (QED) is 0.793. The van der Waals surface area contributed by atoms with Crippen molar-refractivity contribution < 1.29 is 4.74 Å². The first-order chi connectivity index (χ1) is 8.09. The van der Waals surface area contributed by atoms with E-state index in [0.717, 1.165) is 39.0 Å². The molecule has 2 atom stereocenters. The highest BCUT2D eigenvalue weighted by Gasteiger charge is 2.27. The maximum atomic E-state index is 9.23. The molecule has 98 valence electrons. The van der Waals surface area contributed by atoms with Gasteiger partial charge in [0.2, 0.25) is 0 Å². The molecule has 0 spiro atoms. The third-order valence-corrected chi connectivity index (χ3v) is 4.59. The Morgan fingerprint density at radius 3 is 2.71 bits per heavy atom. The minimum atomic E-state index is -0.383. The molecule has 1 saturated heterocycles. The number of hydrogen-bond acceptors (Lipinski definition) is 4. The Balaban J connectivity index is 2.36. The second kappa shape index (κ2) is 7.25. The molecule has 0 aliphatic carbocycles. The molecular formula is C13H24N2OS. The van der Waals surface area contributed by atoms with E-state index in [9.17, 15) is 5.26 Å². The molecule has 1 fully saturated rings. The molecule has 4 heteroatoms. The predicted molar refractivity (Wildman–Crippen MR) is 73.2 cm³/mol. The molecule has 0 radical (unpaired) electrons. The fourth-order valence-electron chi connectivity index (χ4n) is 2.31. The molecule has 0 aromatic carbocycles. The van der Waals surface area contributed by atoms with E-state index in [1.165, 1.54) is 0 Å². The Hall–Kier alpha value is -0.240. The highest BCUT2D eigenvalue weighted by Crippen LogP contribution is 2.30. The lowest BCUT2D eigenvalue weighted by atomic mass is 9.98. The zero-order valence-corrected chi connectivity index (χ0v) is 12.0. The Kier molecular flexibility index (Phi) is 6.32. The van der Waals surface area contributed by atoms with Gasteiger partial charge in [-0.25, -0.2) is 0 Å². The van der Waals surface area contributed by atoms with E-state index in [0.29, 0.717) is 10.5 Å². The van der Waals surface area contributed by atoms with E-state index in [4.69, 9.17) is 4.74 Å². The van der Waals surface area contributed by atoms with Crippen molar-refractivity contribution in [2.24, 2.45) is 0 Å². The topological polar surface area (TPSA) is 45.0 Å². The average molecular weight is 256 g/mol. The van der Waals surface area contributed by atoms with Gasteiger partial charge in [-0.15, -0.1) is 0 Å². The molecule has 1 heterocycles. The van der Waals surface area contributed by atoms with Crippen molar-refractivity contribution in [2.75, 3.05) is 19.8 Å². The van der Waals surface area contributed by atoms with Gasteiger partial charge in [-0.2, -0.15) is 17.0 Å². The summed E-state index contributed by atoms with van der Waals surface area (Å²) in [5.41, 5.74) is -0.383. The summed E-state index contributed by atoms with van der Waals surface area (Å²) in [4.78, 5) is 0. The van der Waals surface area contributed by atoms with Gasteiger partial charge in [0.15, 0.2) is 0 Å². The van der Waals surface area contributed by atoms with E-state index >= 15 is 0 Å². The Bertz CT molecular complexity index is 261. The number of nitriles is 1. The number of nitrogens with one attached hydrogen (secondary N) is 1. The van der Waals surface area contributed by atoms with Crippen molar-refractivity contribution in [1.82, 2.24) is 5.32 Å². The first kappa shape index (κ1) is 14.8. The third kappa shape index (κ3) is 5.29. The summed E-state index contributed by atoms with van der Waals surface area (Å²) < 4.78 is 5.36. The van der Waals surface area contributed by atoms with E-state index in [-0.39, 0.29) is 5.54 Å². The Labute approximate surface area is 109 Å². The van der Waals surface area contributed by atoms with E-state index < -0.39 is 0 Å². The van der Waals surface area contributed by atoms with E-state index in [1.807, 2.05) is 25.6 Å². The molecule has 17 heavy (non-hydrogen) atoms.